The first-order valence-electron chi connectivity index (χ1n) is 8.63. The molecule has 2 atom stereocenters. The Kier molecular flexibility index (Phi) is 5.58. The summed E-state index contributed by atoms with van der Waals surface area (Å²) in [7, 11) is 1.59. The van der Waals surface area contributed by atoms with E-state index in [2.05, 4.69) is 12.2 Å². The van der Waals surface area contributed by atoms with Crippen molar-refractivity contribution in [2.45, 2.75) is 37.8 Å². The second kappa shape index (κ2) is 8.05. The van der Waals surface area contributed by atoms with Gasteiger partial charge in [0.1, 0.15) is 5.75 Å². The highest BCUT2D eigenvalue weighted by molar-refractivity contribution is 6.01. The van der Waals surface area contributed by atoms with Crippen molar-refractivity contribution in [1.29, 1.82) is 0 Å². The summed E-state index contributed by atoms with van der Waals surface area (Å²) in [4.78, 5) is 26.5. The fourth-order valence-corrected chi connectivity index (χ4v) is 2.95. The summed E-state index contributed by atoms with van der Waals surface area (Å²) in [6, 6.07) is 6.02. The Hall–Kier alpha value is -2.50. The Morgan fingerprint density at radius 3 is 1.92 bits per heavy atom. The van der Waals surface area contributed by atoms with Gasteiger partial charge in [0.05, 0.1) is 20.3 Å². The number of anilines is 1. The van der Waals surface area contributed by atoms with Gasteiger partial charge in [-0.3, -0.25) is 0 Å². The van der Waals surface area contributed by atoms with Crippen LogP contribution in [0.3, 0.4) is 0 Å². The van der Waals surface area contributed by atoms with Crippen molar-refractivity contribution in [2.24, 2.45) is 0 Å². The first kappa shape index (κ1) is 17.3. The molecule has 2 aliphatic rings. The van der Waals surface area contributed by atoms with Crippen molar-refractivity contribution in [3.63, 3.8) is 0 Å². The van der Waals surface area contributed by atoms with Gasteiger partial charge in [-0.15, -0.1) is 0 Å². The van der Waals surface area contributed by atoms with Gasteiger partial charge in [0.25, 0.3) is 0 Å². The summed E-state index contributed by atoms with van der Waals surface area (Å²) in [5.41, 5.74) is 0.774. The third-order valence-electron chi connectivity index (χ3n) is 4.35. The smallest absolute Gasteiger partial charge is 0.331 e. The normalized spacial score (nSPS) is 25.9. The summed E-state index contributed by atoms with van der Waals surface area (Å²) in [6.45, 7) is 0.718. The summed E-state index contributed by atoms with van der Waals surface area (Å²) in [6.07, 6.45) is 7.47. The van der Waals surface area contributed by atoms with Crippen LogP contribution in [0, 0.1) is 0 Å². The highest BCUT2D eigenvalue weighted by Crippen LogP contribution is 2.37. The van der Waals surface area contributed by atoms with Crippen molar-refractivity contribution in [2.75, 3.05) is 25.2 Å². The molecule has 0 N–H and O–H groups in total. The summed E-state index contributed by atoms with van der Waals surface area (Å²) < 4.78 is 15.8. The molecule has 0 aliphatic carbocycles. The van der Waals surface area contributed by atoms with Crippen LogP contribution in [-0.4, -0.2) is 44.3 Å². The minimum Gasteiger partial charge on any atom is -0.497 e. The first-order valence-corrected chi connectivity index (χ1v) is 8.63. The van der Waals surface area contributed by atoms with Crippen molar-refractivity contribution in [3.8, 4) is 5.75 Å². The van der Waals surface area contributed by atoms with E-state index in [1.807, 2.05) is 12.1 Å². The second-order valence-electron chi connectivity index (χ2n) is 6.09. The van der Waals surface area contributed by atoms with Crippen molar-refractivity contribution < 1.29 is 23.8 Å². The van der Waals surface area contributed by atoms with Crippen molar-refractivity contribution in [1.82, 2.24) is 0 Å². The molecule has 6 nitrogen and oxygen atoms in total. The molecule has 6 heteroatoms. The van der Waals surface area contributed by atoms with Crippen molar-refractivity contribution in [3.05, 3.63) is 36.4 Å². The Morgan fingerprint density at radius 1 is 0.920 bits per heavy atom. The Labute approximate surface area is 147 Å². The molecule has 0 aromatic heterocycles. The molecule has 134 valence electrons. The largest absolute Gasteiger partial charge is 0.497 e. The lowest BCUT2D eigenvalue weighted by Crippen LogP contribution is -2.21. The highest BCUT2D eigenvalue weighted by atomic mass is 16.5. The first-order chi connectivity index (χ1) is 12.2. The molecule has 3 rings (SSSR count). The maximum absolute atomic E-state index is 12.4. The van der Waals surface area contributed by atoms with E-state index in [9.17, 15) is 9.59 Å². The van der Waals surface area contributed by atoms with E-state index in [4.69, 9.17) is 14.2 Å². The van der Waals surface area contributed by atoms with Crippen LogP contribution >= 0.6 is 0 Å². The van der Waals surface area contributed by atoms with Crippen LogP contribution in [0.25, 0.3) is 0 Å². The lowest BCUT2D eigenvalue weighted by atomic mass is 10.2. The molecule has 1 aromatic carbocycles. The van der Waals surface area contributed by atoms with E-state index in [0.29, 0.717) is 13.2 Å². The molecule has 1 fully saturated rings. The van der Waals surface area contributed by atoms with Crippen LogP contribution in [0.4, 0.5) is 5.69 Å². The number of ether oxygens (including phenoxy) is 3. The van der Waals surface area contributed by atoms with Gasteiger partial charge in [-0.2, -0.15) is 0 Å². The molecule has 0 saturated carbocycles. The lowest BCUT2D eigenvalue weighted by Gasteiger charge is -2.07. The molecule has 0 spiro atoms. The molecule has 25 heavy (non-hydrogen) atoms. The maximum atomic E-state index is 12.4. The minimum atomic E-state index is -0.612. The number of rotatable bonds is 2. The number of benzene rings is 1. The number of cyclic esters (lactones) is 2. The van der Waals surface area contributed by atoms with Gasteiger partial charge in [-0.05, 0) is 49.9 Å². The third kappa shape index (κ3) is 4.13. The highest BCUT2D eigenvalue weighted by Gasteiger charge is 2.59. The van der Waals surface area contributed by atoms with Gasteiger partial charge in [0.15, 0.2) is 12.1 Å². The molecule has 2 heterocycles. The van der Waals surface area contributed by atoms with E-state index in [1.165, 1.54) is 0 Å². The predicted molar refractivity (Wildman–Crippen MR) is 92.6 cm³/mol. The summed E-state index contributed by atoms with van der Waals surface area (Å²) in [5.74, 6) is -0.0349. The number of nitrogens with zero attached hydrogens (tertiary/aromatic N) is 1. The Balaban J connectivity index is 1.74. The zero-order valence-corrected chi connectivity index (χ0v) is 14.3. The van der Waals surface area contributed by atoms with E-state index in [-0.39, 0.29) is 11.9 Å². The van der Waals surface area contributed by atoms with Crippen LogP contribution in [0.1, 0.15) is 25.7 Å². The molecule has 0 radical (unpaired) electrons. The zero-order chi connectivity index (χ0) is 17.6. The number of methoxy groups -OCH3 is 1. The molecule has 1 saturated heterocycles. The number of esters is 2. The van der Waals surface area contributed by atoms with Crippen LogP contribution in [0.2, 0.25) is 0 Å². The van der Waals surface area contributed by atoms with Crippen LogP contribution in [-0.2, 0) is 19.1 Å². The zero-order valence-electron chi connectivity index (χ0n) is 14.3. The standard InChI is InChI=1S/C19H23NO5/c1-23-15-10-8-14(9-11-15)20-16-17(20)19(22)25-13-7-5-3-2-4-6-12-24-18(16)21/h2-3,8-11,16-17H,4-7,12-13H2,1H3/b3-2-/t16-,17+,20?. The number of carbonyl (C=O) groups is 2. The number of hydrogen-bond acceptors (Lipinski definition) is 6. The van der Waals surface area contributed by atoms with Crippen LogP contribution < -0.4 is 9.64 Å². The Bertz CT molecular complexity index is 608. The van der Waals surface area contributed by atoms with E-state index >= 15 is 0 Å². The molecule has 0 unspecified atom stereocenters. The minimum absolute atomic E-state index is 0.359. The van der Waals surface area contributed by atoms with Crippen molar-refractivity contribution >= 4 is 17.6 Å². The molecule has 0 bridgehead atoms. The fraction of sp³-hybridized carbons (Fsp3) is 0.474. The SMILES string of the molecule is COc1ccc(N2[C@@H]3C(=O)OCCC/C=C\CCCOC(=O)[C@@H]32)cc1. The lowest BCUT2D eigenvalue weighted by molar-refractivity contribution is -0.147. The van der Waals surface area contributed by atoms with E-state index in [1.54, 1.807) is 24.1 Å². The topological polar surface area (TPSA) is 64.8 Å². The van der Waals surface area contributed by atoms with Crippen LogP contribution in [0.15, 0.2) is 36.4 Å². The molecular weight excluding hydrogens is 322 g/mol. The number of carbonyl (C=O) groups excluding carboxylic acids is 2. The van der Waals surface area contributed by atoms with Gasteiger partial charge in [-0.25, -0.2) is 9.59 Å². The monoisotopic (exact) mass is 345 g/mol. The molecule has 2 aliphatic heterocycles. The van der Waals surface area contributed by atoms with E-state index < -0.39 is 12.1 Å². The fourth-order valence-electron chi connectivity index (χ4n) is 2.95. The van der Waals surface area contributed by atoms with Gasteiger partial charge < -0.3 is 19.1 Å². The average Bonchev–Trinajstić information content (AvgIpc) is 3.38. The van der Waals surface area contributed by atoms with Gasteiger partial charge in [-0.1, -0.05) is 12.2 Å². The van der Waals surface area contributed by atoms with Gasteiger partial charge in [0, 0.05) is 5.69 Å². The average molecular weight is 345 g/mol. The summed E-state index contributed by atoms with van der Waals surface area (Å²) in [5, 5.41) is 0. The molecular formula is C19H23NO5. The quantitative estimate of drug-likeness (QED) is 0.466. The van der Waals surface area contributed by atoms with E-state index in [0.717, 1.165) is 37.1 Å². The molecule has 1 aromatic rings. The third-order valence-corrected chi connectivity index (χ3v) is 4.35. The predicted octanol–water partition coefficient (Wildman–Crippen LogP) is 2.47. The number of allylic oxidation sites excluding steroid dienone is 2. The van der Waals surface area contributed by atoms with Gasteiger partial charge >= 0.3 is 11.9 Å². The number of fused-ring (bicyclic) bond motifs is 1. The second-order valence-corrected chi connectivity index (χ2v) is 6.09. The van der Waals surface area contributed by atoms with Gasteiger partial charge in [0.2, 0.25) is 0 Å². The number of hydrogen-bond donors (Lipinski definition) is 0. The summed E-state index contributed by atoms with van der Waals surface area (Å²) >= 11 is 0. The van der Waals surface area contributed by atoms with Crippen LogP contribution in [0.5, 0.6) is 5.75 Å². The molecule has 0 amide bonds. The Morgan fingerprint density at radius 2 is 1.44 bits per heavy atom. The maximum Gasteiger partial charge on any atom is 0.331 e.